The predicted octanol–water partition coefficient (Wildman–Crippen LogP) is 8.41. The van der Waals surface area contributed by atoms with E-state index in [4.69, 9.17) is 9.47 Å². The normalized spacial score (nSPS) is 34.8. The maximum absolute atomic E-state index is 13.0. The SMILES string of the molecule is COC(=O)[C@@]12CCC(C(C)C)=C1[C@@H]1CC=C(C=O)CC(=O)[C@@]1(C)CC2.COC(=O)[C@@]12CCC(C(C)C)=C1[C@@H]1CC=C(CO)C[C-](C)[C@@]1(C)CC2.[Y]. The molecule has 2 fully saturated rings. The molecule has 0 unspecified atom stereocenters. The molecule has 279 valence electrons. The maximum Gasteiger partial charge on any atom is 0.315 e. The van der Waals surface area contributed by atoms with Crippen molar-refractivity contribution >= 4 is 24.0 Å². The van der Waals surface area contributed by atoms with Gasteiger partial charge in [0.25, 0.3) is 0 Å². The van der Waals surface area contributed by atoms with Gasteiger partial charge >= 0.3 is 11.9 Å². The number of aliphatic hydroxyl groups excluding tert-OH is 1. The van der Waals surface area contributed by atoms with E-state index in [-0.39, 0.29) is 74.8 Å². The molecule has 1 radical (unpaired) electrons. The summed E-state index contributed by atoms with van der Waals surface area (Å²) in [5, 5.41) is 9.69. The second-order valence-electron chi connectivity index (χ2n) is 17.2. The van der Waals surface area contributed by atoms with Crippen LogP contribution in [0.15, 0.2) is 45.6 Å². The second kappa shape index (κ2) is 16.0. The number of carbonyl (C=O) groups excluding carboxylic acids is 4. The van der Waals surface area contributed by atoms with Gasteiger partial charge in [0.05, 0.1) is 31.7 Å². The molecule has 0 aromatic heterocycles. The Labute approximate surface area is 331 Å². The van der Waals surface area contributed by atoms with Crippen LogP contribution in [0.4, 0.5) is 0 Å². The number of carbonyl (C=O) groups is 4. The third-order valence-electron chi connectivity index (χ3n) is 14.4. The molecule has 0 saturated heterocycles. The van der Waals surface area contributed by atoms with Crippen molar-refractivity contribution in [3.63, 3.8) is 0 Å². The van der Waals surface area contributed by atoms with Crippen molar-refractivity contribution in [1.29, 1.82) is 0 Å². The van der Waals surface area contributed by atoms with Gasteiger partial charge in [-0.15, -0.1) is 5.41 Å². The monoisotopic (exact) mass is 778 g/mol. The van der Waals surface area contributed by atoms with E-state index < -0.39 is 16.2 Å². The zero-order valence-corrected chi connectivity index (χ0v) is 35.5. The van der Waals surface area contributed by atoms with Gasteiger partial charge in [-0.2, -0.15) is 13.3 Å². The molecule has 0 spiro atoms. The summed E-state index contributed by atoms with van der Waals surface area (Å²) in [6.45, 7) is 15.6. The number of ether oxygens (including phenoxy) is 2. The minimum absolute atomic E-state index is 0. The largest absolute Gasteiger partial charge is 0.468 e. The maximum atomic E-state index is 13.0. The van der Waals surface area contributed by atoms with Crippen molar-refractivity contribution in [3.05, 3.63) is 51.5 Å². The van der Waals surface area contributed by atoms with Crippen LogP contribution in [0.5, 0.6) is 0 Å². The van der Waals surface area contributed by atoms with E-state index in [9.17, 15) is 24.3 Å². The van der Waals surface area contributed by atoms with Crippen molar-refractivity contribution in [2.24, 2.45) is 45.3 Å². The summed E-state index contributed by atoms with van der Waals surface area (Å²) in [7, 11) is 2.99. The van der Waals surface area contributed by atoms with E-state index in [1.165, 1.54) is 36.9 Å². The van der Waals surface area contributed by atoms with Crippen LogP contribution >= 0.6 is 0 Å². The van der Waals surface area contributed by atoms with Gasteiger partial charge in [-0.1, -0.05) is 82.4 Å². The number of aliphatic hydroxyl groups is 1. The fourth-order valence-corrected chi connectivity index (χ4v) is 11.1. The molecule has 0 bridgehead atoms. The van der Waals surface area contributed by atoms with Crippen LogP contribution in [0, 0.1) is 51.2 Å². The molecule has 51 heavy (non-hydrogen) atoms. The fraction of sp³-hybridized carbons (Fsp3) is 0.698. The first kappa shape index (κ1) is 42.1. The Bertz CT molecular complexity index is 1530. The summed E-state index contributed by atoms with van der Waals surface area (Å²) in [5.41, 5.74) is 5.66. The molecule has 8 heteroatoms. The van der Waals surface area contributed by atoms with Crippen molar-refractivity contribution in [1.82, 2.24) is 0 Å². The van der Waals surface area contributed by atoms with E-state index in [0.29, 0.717) is 42.6 Å². The van der Waals surface area contributed by atoms with Crippen molar-refractivity contribution < 1.29 is 66.5 Å². The van der Waals surface area contributed by atoms with Gasteiger partial charge in [-0.05, 0) is 92.6 Å². The van der Waals surface area contributed by atoms with Gasteiger partial charge in [-0.25, -0.2) is 0 Å². The first-order chi connectivity index (χ1) is 23.6. The number of fused-ring (bicyclic) bond motifs is 6. The van der Waals surface area contributed by atoms with Crippen LogP contribution in [-0.2, 0) is 61.4 Å². The molecular formula is C43H61O7Y-. The molecule has 1 N–H and O–H groups in total. The molecule has 7 nitrogen and oxygen atoms in total. The van der Waals surface area contributed by atoms with Crippen LogP contribution < -0.4 is 0 Å². The first-order valence-electron chi connectivity index (χ1n) is 19.0. The van der Waals surface area contributed by atoms with Crippen LogP contribution in [0.1, 0.15) is 126 Å². The molecule has 6 aliphatic carbocycles. The Balaban J connectivity index is 0.000000224. The smallest absolute Gasteiger partial charge is 0.315 e. The van der Waals surface area contributed by atoms with Gasteiger partial charge in [0.15, 0.2) is 0 Å². The second-order valence-corrected chi connectivity index (χ2v) is 17.2. The third kappa shape index (κ3) is 6.92. The molecule has 0 aromatic rings. The molecule has 2 saturated carbocycles. The van der Waals surface area contributed by atoms with E-state index in [1.807, 2.05) is 13.0 Å². The Kier molecular flexibility index (Phi) is 13.2. The summed E-state index contributed by atoms with van der Waals surface area (Å²) >= 11 is 0. The Hall–Kier alpha value is -1.70. The van der Waals surface area contributed by atoms with Crippen LogP contribution in [0.25, 0.3) is 0 Å². The van der Waals surface area contributed by atoms with Crippen molar-refractivity contribution in [2.45, 2.75) is 126 Å². The number of allylic oxidation sites excluding steroid dienone is 5. The van der Waals surface area contributed by atoms with Gasteiger partial charge in [0, 0.05) is 44.5 Å². The predicted molar refractivity (Wildman–Crippen MR) is 194 cm³/mol. The molecular weight excluding hydrogens is 717 g/mol. The van der Waals surface area contributed by atoms with Gasteiger partial charge in [0.1, 0.15) is 12.1 Å². The van der Waals surface area contributed by atoms with Crippen molar-refractivity contribution in [3.8, 4) is 0 Å². The summed E-state index contributed by atoms with van der Waals surface area (Å²) in [6, 6.07) is 0. The minimum atomic E-state index is -0.571. The van der Waals surface area contributed by atoms with Crippen LogP contribution in [-0.4, -0.2) is 49.9 Å². The summed E-state index contributed by atoms with van der Waals surface area (Å²) in [4.78, 5) is 50.0. The zero-order valence-electron chi connectivity index (χ0n) is 32.7. The van der Waals surface area contributed by atoms with E-state index >= 15 is 0 Å². The van der Waals surface area contributed by atoms with E-state index in [2.05, 4.69) is 47.6 Å². The van der Waals surface area contributed by atoms with E-state index in [1.54, 1.807) is 0 Å². The molecule has 6 atom stereocenters. The Morgan fingerprint density at radius 1 is 0.863 bits per heavy atom. The quantitative estimate of drug-likeness (QED) is 0.125. The average Bonchev–Trinajstić information content (AvgIpc) is 3.63. The molecule has 0 aliphatic heterocycles. The van der Waals surface area contributed by atoms with Gasteiger partial charge in [-0.3, -0.25) is 19.2 Å². The number of hydrogen-bond donors (Lipinski definition) is 1. The van der Waals surface area contributed by atoms with Gasteiger partial charge in [0.2, 0.25) is 0 Å². The zero-order chi connectivity index (χ0) is 36.8. The number of methoxy groups -OCH3 is 2. The first-order valence-corrected chi connectivity index (χ1v) is 19.0. The number of hydrogen-bond acceptors (Lipinski definition) is 7. The summed E-state index contributed by atoms with van der Waals surface area (Å²) < 4.78 is 10.5. The average molecular weight is 779 g/mol. The molecule has 0 heterocycles. The molecule has 6 rings (SSSR count). The molecule has 0 aromatic carbocycles. The number of ketones is 1. The number of aldehydes is 1. The van der Waals surface area contributed by atoms with Crippen molar-refractivity contribution in [2.75, 3.05) is 20.8 Å². The topological polar surface area (TPSA) is 107 Å². The molecule has 0 amide bonds. The number of rotatable bonds is 6. The minimum Gasteiger partial charge on any atom is -0.468 e. The number of Topliss-reactive ketones (excluding diaryl/α,β-unsaturated/α-hetero) is 1. The Morgan fingerprint density at radius 3 is 1.86 bits per heavy atom. The number of esters is 2. The van der Waals surface area contributed by atoms with Crippen LogP contribution in [0.2, 0.25) is 0 Å². The Morgan fingerprint density at radius 2 is 1.37 bits per heavy atom. The third-order valence-corrected chi connectivity index (χ3v) is 14.4. The summed E-state index contributed by atoms with van der Waals surface area (Å²) in [6.07, 6.45) is 14.5. The molecule has 6 aliphatic rings. The van der Waals surface area contributed by atoms with Gasteiger partial charge < -0.3 is 20.5 Å². The summed E-state index contributed by atoms with van der Waals surface area (Å²) in [5.74, 6) is 2.55. The van der Waals surface area contributed by atoms with E-state index in [0.717, 1.165) is 68.8 Å². The fourth-order valence-electron chi connectivity index (χ4n) is 11.1. The van der Waals surface area contributed by atoms with Crippen LogP contribution in [0.3, 0.4) is 0 Å². The standard InChI is InChI=1S/C22H33O3.C21H28O4.Y/c1-14(2)17-8-9-22(20(24)25-5)11-10-21(4)15(3)12-16(13-23)6-7-18(21)19(17)22;1-13(2)15-7-8-21(19(24)25-4)10-9-20(3)16(18(15)21)6-5-14(12-22)11-17(20)23;/h6,14,18,23H,7-13H2,1-5H3;5,12-13,16H,6-11H2,1-4H3;/q-1;;/t18-,21+,22+;16-,20-,21+;/m00./s1.